The summed E-state index contributed by atoms with van der Waals surface area (Å²) in [6, 6.07) is 3.76. The number of nitro groups is 1. The number of aryl methyl sites for hydroxylation is 1. The number of anilines is 1. The van der Waals surface area contributed by atoms with Gasteiger partial charge in [-0.05, 0) is 66.4 Å². The number of hydrogen-bond acceptors (Lipinski definition) is 3. The maximum Gasteiger partial charge on any atom is 0.274 e. The summed E-state index contributed by atoms with van der Waals surface area (Å²) < 4.78 is 0.885. The Morgan fingerprint density at radius 3 is 2.71 bits per heavy atom. The van der Waals surface area contributed by atoms with Crippen LogP contribution in [-0.2, 0) is 0 Å². The van der Waals surface area contributed by atoms with Crippen LogP contribution in [0.3, 0.4) is 0 Å². The fraction of sp³-hybridized carbons (Fsp3) is 0.500. The highest BCUT2D eigenvalue weighted by Gasteiger charge is 2.38. The van der Waals surface area contributed by atoms with Gasteiger partial charge >= 0.3 is 0 Å². The molecule has 1 saturated carbocycles. The Labute approximate surface area is 132 Å². The molecule has 1 aromatic rings. The van der Waals surface area contributed by atoms with Crippen molar-refractivity contribution in [3.8, 4) is 0 Å². The highest BCUT2D eigenvalue weighted by atomic mass is 79.9. The molecule has 0 saturated heterocycles. The number of hydrogen-bond donors (Lipinski definition) is 1. The van der Waals surface area contributed by atoms with Gasteiger partial charge in [0.15, 0.2) is 0 Å². The summed E-state index contributed by atoms with van der Waals surface area (Å²) in [5.41, 5.74) is 1.65. The van der Waals surface area contributed by atoms with E-state index in [-0.39, 0.29) is 10.6 Å². The van der Waals surface area contributed by atoms with E-state index >= 15 is 0 Å². The molecular weight excluding hydrogens is 332 g/mol. The third kappa shape index (κ3) is 2.71. The molecule has 0 spiro atoms. The smallest absolute Gasteiger partial charge is 0.274 e. The average Bonchev–Trinajstić information content (AvgIpc) is 3.03. The van der Waals surface area contributed by atoms with E-state index in [0.717, 1.165) is 16.1 Å². The second kappa shape index (κ2) is 5.44. The number of nitro benzene ring substituents is 1. The summed E-state index contributed by atoms with van der Waals surface area (Å²) in [5.74, 6) is 2.02. The van der Waals surface area contributed by atoms with Crippen molar-refractivity contribution in [2.75, 3.05) is 5.32 Å². The minimum Gasteiger partial charge on any atom is -0.381 e. The van der Waals surface area contributed by atoms with E-state index < -0.39 is 0 Å². The number of nitrogens with one attached hydrogen (secondary N) is 1. The number of nitrogens with zero attached hydrogens (tertiary/aromatic N) is 1. The van der Waals surface area contributed by atoms with Gasteiger partial charge in [-0.2, -0.15) is 0 Å². The van der Waals surface area contributed by atoms with Crippen molar-refractivity contribution in [3.63, 3.8) is 0 Å². The zero-order chi connectivity index (χ0) is 15.1. The fourth-order valence-corrected chi connectivity index (χ4v) is 4.29. The number of allylic oxidation sites excluding steroid dienone is 2. The van der Waals surface area contributed by atoms with E-state index in [0.29, 0.717) is 23.4 Å². The van der Waals surface area contributed by atoms with E-state index in [4.69, 9.17) is 0 Å². The topological polar surface area (TPSA) is 55.2 Å². The Bertz CT molecular complexity index is 615. The first-order valence-corrected chi connectivity index (χ1v) is 8.14. The standard InChI is InChI=1S/C16H19BrN2O2/c1-9-5-14(17)15(8-16(9)19(20)21)18-10(2)13-7-11-3-4-12(13)6-11/h3-5,8,10-13,18H,6-7H2,1-2H3. The van der Waals surface area contributed by atoms with Crippen LogP contribution in [0.15, 0.2) is 28.8 Å². The van der Waals surface area contributed by atoms with Gasteiger partial charge in [0.05, 0.1) is 10.6 Å². The molecule has 4 nitrogen and oxygen atoms in total. The molecule has 3 rings (SSSR count). The maximum atomic E-state index is 11.1. The lowest BCUT2D eigenvalue weighted by molar-refractivity contribution is -0.385. The van der Waals surface area contributed by atoms with E-state index in [1.807, 2.05) is 6.07 Å². The van der Waals surface area contributed by atoms with Crippen molar-refractivity contribution < 1.29 is 4.92 Å². The van der Waals surface area contributed by atoms with E-state index in [1.165, 1.54) is 12.8 Å². The molecular formula is C16H19BrN2O2. The maximum absolute atomic E-state index is 11.1. The summed E-state index contributed by atoms with van der Waals surface area (Å²) in [4.78, 5) is 10.8. The van der Waals surface area contributed by atoms with Crippen LogP contribution in [-0.4, -0.2) is 11.0 Å². The predicted molar refractivity (Wildman–Crippen MR) is 87.5 cm³/mol. The van der Waals surface area contributed by atoms with Crippen LogP contribution in [0.5, 0.6) is 0 Å². The van der Waals surface area contributed by atoms with Gasteiger partial charge in [0.1, 0.15) is 0 Å². The van der Waals surface area contributed by atoms with Gasteiger partial charge in [-0.15, -0.1) is 0 Å². The number of rotatable bonds is 4. The van der Waals surface area contributed by atoms with E-state index in [2.05, 4.69) is 40.3 Å². The minimum atomic E-state index is -0.322. The van der Waals surface area contributed by atoms with Crippen molar-refractivity contribution >= 4 is 27.3 Å². The van der Waals surface area contributed by atoms with E-state index in [9.17, 15) is 10.1 Å². The second-order valence-electron chi connectivity index (χ2n) is 6.25. The molecule has 2 aliphatic carbocycles. The molecule has 5 heteroatoms. The first-order valence-electron chi connectivity index (χ1n) is 7.35. The lowest BCUT2D eigenvalue weighted by Gasteiger charge is -2.27. The van der Waals surface area contributed by atoms with Crippen LogP contribution in [0.2, 0.25) is 0 Å². The third-order valence-electron chi connectivity index (χ3n) is 4.84. The SMILES string of the molecule is Cc1cc(Br)c(NC(C)C2CC3C=CC2C3)cc1[N+](=O)[O-]. The van der Waals surface area contributed by atoms with Gasteiger partial charge < -0.3 is 5.32 Å². The predicted octanol–water partition coefficient (Wildman–Crippen LogP) is 4.68. The molecule has 0 radical (unpaired) electrons. The molecule has 4 atom stereocenters. The van der Waals surface area contributed by atoms with Crippen LogP contribution in [0, 0.1) is 34.8 Å². The molecule has 0 amide bonds. The van der Waals surface area contributed by atoms with Crippen LogP contribution in [0.4, 0.5) is 11.4 Å². The van der Waals surface area contributed by atoms with Gasteiger partial charge in [0.25, 0.3) is 5.69 Å². The van der Waals surface area contributed by atoms with Crippen LogP contribution in [0.1, 0.15) is 25.3 Å². The van der Waals surface area contributed by atoms with Gasteiger partial charge in [-0.1, -0.05) is 12.2 Å². The van der Waals surface area contributed by atoms with Crippen molar-refractivity contribution in [3.05, 3.63) is 44.4 Å². The Kier molecular flexibility index (Phi) is 3.78. The largest absolute Gasteiger partial charge is 0.381 e. The average molecular weight is 351 g/mol. The van der Waals surface area contributed by atoms with Gasteiger partial charge in [0, 0.05) is 22.1 Å². The normalized spacial score (nSPS) is 27.9. The molecule has 1 N–H and O–H groups in total. The molecule has 4 unspecified atom stereocenters. The monoisotopic (exact) mass is 350 g/mol. The minimum absolute atomic E-state index is 0.167. The van der Waals surface area contributed by atoms with Crippen molar-refractivity contribution in [1.29, 1.82) is 0 Å². The van der Waals surface area contributed by atoms with Crippen LogP contribution in [0.25, 0.3) is 0 Å². The zero-order valence-electron chi connectivity index (χ0n) is 12.2. The molecule has 0 aliphatic heterocycles. The molecule has 112 valence electrons. The molecule has 2 bridgehead atoms. The summed E-state index contributed by atoms with van der Waals surface area (Å²) in [6.45, 7) is 3.94. The van der Waals surface area contributed by atoms with Crippen LogP contribution >= 0.6 is 15.9 Å². The Hall–Kier alpha value is -1.36. The highest BCUT2D eigenvalue weighted by Crippen LogP contribution is 2.45. The van der Waals surface area contributed by atoms with E-state index in [1.54, 1.807) is 13.0 Å². The fourth-order valence-electron chi connectivity index (χ4n) is 3.72. The lowest BCUT2D eigenvalue weighted by Crippen LogP contribution is -2.29. The second-order valence-corrected chi connectivity index (χ2v) is 7.11. The molecule has 0 heterocycles. The first kappa shape index (κ1) is 14.6. The highest BCUT2D eigenvalue weighted by molar-refractivity contribution is 9.10. The van der Waals surface area contributed by atoms with Gasteiger partial charge in [-0.25, -0.2) is 0 Å². The van der Waals surface area contributed by atoms with Crippen molar-refractivity contribution in [2.45, 2.75) is 32.7 Å². The molecule has 21 heavy (non-hydrogen) atoms. The number of fused-ring (bicyclic) bond motifs is 2. The van der Waals surface area contributed by atoms with Crippen LogP contribution < -0.4 is 5.32 Å². The Morgan fingerprint density at radius 2 is 2.14 bits per heavy atom. The Balaban J connectivity index is 1.79. The molecule has 1 fully saturated rings. The lowest BCUT2D eigenvalue weighted by atomic mass is 9.87. The van der Waals surface area contributed by atoms with Gasteiger partial charge in [0.2, 0.25) is 0 Å². The summed E-state index contributed by atoms with van der Waals surface area (Å²) in [5, 5.41) is 14.6. The summed E-state index contributed by atoms with van der Waals surface area (Å²) in [6.07, 6.45) is 7.16. The molecule has 0 aromatic heterocycles. The molecule has 2 aliphatic rings. The van der Waals surface area contributed by atoms with Crippen molar-refractivity contribution in [1.82, 2.24) is 0 Å². The quantitative estimate of drug-likeness (QED) is 0.487. The molecule has 1 aromatic carbocycles. The summed E-state index contributed by atoms with van der Waals surface area (Å²) in [7, 11) is 0. The third-order valence-corrected chi connectivity index (χ3v) is 5.49. The Morgan fingerprint density at radius 1 is 1.38 bits per heavy atom. The summed E-state index contributed by atoms with van der Waals surface area (Å²) >= 11 is 3.51. The number of halogens is 1. The zero-order valence-corrected chi connectivity index (χ0v) is 13.8. The first-order chi connectivity index (χ1) is 9.95. The van der Waals surface area contributed by atoms with Gasteiger partial charge in [-0.3, -0.25) is 10.1 Å². The van der Waals surface area contributed by atoms with Crippen molar-refractivity contribution in [2.24, 2.45) is 17.8 Å². The number of benzene rings is 1.